The van der Waals surface area contributed by atoms with Gasteiger partial charge in [-0.2, -0.15) is 0 Å². The molecule has 2 aromatic carbocycles. The summed E-state index contributed by atoms with van der Waals surface area (Å²) in [5, 5.41) is 4.35. The average molecular weight is 659 g/mol. The van der Waals surface area contributed by atoms with Gasteiger partial charge in [-0.1, -0.05) is 30.3 Å². The molecule has 0 bridgehead atoms. The van der Waals surface area contributed by atoms with Crippen LogP contribution in [0.25, 0.3) is 10.4 Å². The van der Waals surface area contributed by atoms with E-state index in [1.54, 1.807) is 18.4 Å². The zero-order chi connectivity index (χ0) is 33.0. The standard InChI is InChI=1S/C38H50N4O4S/c1-24-18-28(12-13-33(24)45-2)26-8-6-25(7-9-26)21-38(15-14-31(20-32(38)36(40)44)42-35(43)23-46-17-16-39)30-5-3-4-29(19-30)34-22-41-37(47-34)27-10-11-27/h3-5,12-13,18-19,22,25-27,31-32H,6-11,14-17,20-21,23,39H2,1-2H3,(H2,40,44)(H,42,43). The maximum atomic E-state index is 13.4. The van der Waals surface area contributed by atoms with Gasteiger partial charge in [0.25, 0.3) is 0 Å². The minimum atomic E-state index is -0.405. The number of aryl methyl sites for hydroxylation is 1. The summed E-state index contributed by atoms with van der Waals surface area (Å²) in [7, 11) is 1.72. The van der Waals surface area contributed by atoms with E-state index < -0.39 is 11.3 Å². The molecule has 8 nitrogen and oxygen atoms in total. The van der Waals surface area contributed by atoms with Crippen molar-refractivity contribution in [1.29, 1.82) is 0 Å². The zero-order valence-electron chi connectivity index (χ0n) is 27.8. The Kier molecular flexibility index (Phi) is 10.6. The van der Waals surface area contributed by atoms with E-state index in [9.17, 15) is 9.59 Å². The number of aromatic nitrogens is 1. The van der Waals surface area contributed by atoms with Gasteiger partial charge in [0.05, 0.1) is 23.6 Å². The van der Waals surface area contributed by atoms with Crippen LogP contribution in [0.3, 0.4) is 0 Å². The Balaban J connectivity index is 1.25. The molecule has 47 heavy (non-hydrogen) atoms. The molecule has 3 aromatic rings. The molecule has 0 spiro atoms. The molecule has 1 aromatic heterocycles. The topological polar surface area (TPSA) is 130 Å². The van der Waals surface area contributed by atoms with Crippen molar-refractivity contribution in [2.45, 2.75) is 94.4 Å². The fraction of sp³-hybridized carbons (Fsp3) is 0.553. The number of methoxy groups -OCH3 is 1. The Morgan fingerprint density at radius 1 is 1.04 bits per heavy atom. The molecule has 6 rings (SSSR count). The predicted octanol–water partition coefficient (Wildman–Crippen LogP) is 6.35. The maximum Gasteiger partial charge on any atom is 0.246 e. The minimum absolute atomic E-state index is 0.0310. The Morgan fingerprint density at radius 3 is 2.53 bits per heavy atom. The zero-order valence-corrected chi connectivity index (χ0v) is 28.7. The Hall–Kier alpha value is -3.27. The molecule has 3 aliphatic rings. The molecule has 0 saturated heterocycles. The molecule has 3 unspecified atom stereocenters. The smallest absolute Gasteiger partial charge is 0.246 e. The van der Waals surface area contributed by atoms with Gasteiger partial charge < -0.3 is 26.3 Å². The molecule has 2 amide bonds. The predicted molar refractivity (Wildman–Crippen MR) is 187 cm³/mol. The number of nitrogens with one attached hydrogen (secondary N) is 1. The van der Waals surface area contributed by atoms with Crippen molar-refractivity contribution in [3.05, 3.63) is 70.4 Å². The number of hydrogen-bond acceptors (Lipinski definition) is 7. The second kappa shape index (κ2) is 14.9. The van der Waals surface area contributed by atoms with Crippen LogP contribution in [-0.2, 0) is 19.7 Å². The average Bonchev–Trinajstić information content (AvgIpc) is 3.81. The first-order valence-electron chi connectivity index (χ1n) is 17.4. The van der Waals surface area contributed by atoms with Crippen molar-refractivity contribution >= 4 is 23.2 Å². The van der Waals surface area contributed by atoms with Gasteiger partial charge >= 0.3 is 0 Å². The minimum Gasteiger partial charge on any atom is -0.496 e. The first-order valence-corrected chi connectivity index (χ1v) is 18.2. The van der Waals surface area contributed by atoms with Crippen molar-refractivity contribution in [1.82, 2.24) is 10.3 Å². The lowest BCUT2D eigenvalue weighted by Gasteiger charge is -2.48. The number of hydrogen-bond donors (Lipinski definition) is 3. The number of primary amides is 1. The number of thiazole rings is 1. The van der Waals surface area contributed by atoms with E-state index >= 15 is 0 Å². The summed E-state index contributed by atoms with van der Waals surface area (Å²) in [6.07, 6.45) is 11.9. The third-order valence-electron chi connectivity index (χ3n) is 10.9. The van der Waals surface area contributed by atoms with E-state index in [4.69, 9.17) is 25.9 Å². The van der Waals surface area contributed by atoms with Gasteiger partial charge in [-0.25, -0.2) is 4.98 Å². The Labute approximate surface area is 283 Å². The molecule has 5 N–H and O–H groups in total. The van der Waals surface area contributed by atoms with Gasteiger partial charge in [-0.05, 0) is 117 Å². The highest BCUT2D eigenvalue weighted by Crippen LogP contribution is 2.52. The van der Waals surface area contributed by atoms with Crippen LogP contribution in [0.5, 0.6) is 5.75 Å². The molecule has 9 heteroatoms. The summed E-state index contributed by atoms with van der Waals surface area (Å²) >= 11 is 1.79. The van der Waals surface area contributed by atoms with E-state index in [-0.39, 0.29) is 24.5 Å². The number of rotatable bonds is 13. The highest BCUT2D eigenvalue weighted by molar-refractivity contribution is 7.15. The number of carbonyl (C=O) groups excluding carboxylic acids is 2. The number of benzene rings is 2. The van der Waals surface area contributed by atoms with Crippen LogP contribution in [0.4, 0.5) is 0 Å². The van der Waals surface area contributed by atoms with E-state index in [1.165, 1.54) is 39.4 Å². The third-order valence-corrected chi connectivity index (χ3v) is 12.1. The normalized spacial score (nSPS) is 26.1. The largest absolute Gasteiger partial charge is 0.496 e. The second-order valence-corrected chi connectivity index (χ2v) is 15.1. The summed E-state index contributed by atoms with van der Waals surface area (Å²) in [5.74, 6) is 1.70. The lowest BCUT2D eigenvalue weighted by atomic mass is 9.56. The van der Waals surface area contributed by atoms with Crippen molar-refractivity contribution in [2.24, 2.45) is 23.3 Å². The summed E-state index contributed by atoms with van der Waals surface area (Å²) in [5.41, 5.74) is 16.3. The van der Waals surface area contributed by atoms with E-state index in [1.807, 2.05) is 6.20 Å². The second-order valence-electron chi connectivity index (χ2n) is 14.1. The SMILES string of the molecule is COc1ccc(C2CCC(CC3(c4cccc(-c5cnc(C6CC6)s5)c4)CCC(NC(=O)COCCN)CC3C(N)=O)CC2)cc1C. The molecule has 3 aliphatic carbocycles. The van der Waals surface area contributed by atoms with Gasteiger partial charge in [-0.3, -0.25) is 9.59 Å². The lowest BCUT2D eigenvalue weighted by molar-refractivity contribution is -0.130. The summed E-state index contributed by atoms with van der Waals surface area (Å²) in [4.78, 5) is 32.0. The molecule has 252 valence electrons. The van der Waals surface area contributed by atoms with E-state index in [0.717, 1.165) is 56.3 Å². The van der Waals surface area contributed by atoms with Crippen molar-refractivity contribution < 1.29 is 19.1 Å². The number of nitrogens with zero attached hydrogens (tertiary/aromatic N) is 1. The van der Waals surface area contributed by atoms with Crippen LogP contribution in [0.2, 0.25) is 0 Å². The van der Waals surface area contributed by atoms with Crippen LogP contribution >= 0.6 is 11.3 Å². The van der Waals surface area contributed by atoms with Gasteiger partial charge in [0.2, 0.25) is 11.8 Å². The van der Waals surface area contributed by atoms with Gasteiger partial charge in [-0.15, -0.1) is 11.3 Å². The highest BCUT2D eigenvalue weighted by Gasteiger charge is 2.49. The molecule has 0 aliphatic heterocycles. The van der Waals surface area contributed by atoms with Crippen molar-refractivity contribution in [3.8, 4) is 16.2 Å². The first-order chi connectivity index (χ1) is 22.8. The number of nitrogens with two attached hydrogens (primary N) is 2. The Morgan fingerprint density at radius 2 is 1.83 bits per heavy atom. The van der Waals surface area contributed by atoms with E-state index in [0.29, 0.717) is 37.3 Å². The van der Waals surface area contributed by atoms with Crippen molar-refractivity contribution in [3.63, 3.8) is 0 Å². The summed E-state index contributed by atoms with van der Waals surface area (Å²) < 4.78 is 10.9. The van der Waals surface area contributed by atoms with Crippen LogP contribution in [0.15, 0.2) is 48.7 Å². The fourth-order valence-electron chi connectivity index (χ4n) is 8.27. The van der Waals surface area contributed by atoms with Gasteiger partial charge in [0, 0.05) is 36.0 Å². The highest BCUT2D eigenvalue weighted by atomic mass is 32.1. The molecular formula is C38H50N4O4S. The lowest BCUT2D eigenvalue weighted by Crippen LogP contribution is -2.53. The molecule has 1 heterocycles. The third kappa shape index (κ3) is 7.74. The fourth-order valence-corrected chi connectivity index (χ4v) is 9.35. The monoisotopic (exact) mass is 658 g/mol. The van der Waals surface area contributed by atoms with Crippen LogP contribution in [-0.4, -0.2) is 49.7 Å². The van der Waals surface area contributed by atoms with Crippen LogP contribution in [0.1, 0.15) is 97.7 Å². The number of ether oxygens (including phenoxy) is 2. The number of carbonyl (C=O) groups is 2. The van der Waals surface area contributed by atoms with Crippen molar-refractivity contribution in [2.75, 3.05) is 26.9 Å². The molecule has 0 radical (unpaired) electrons. The maximum absolute atomic E-state index is 13.4. The van der Waals surface area contributed by atoms with E-state index in [2.05, 4.69) is 54.7 Å². The molecule has 3 atom stereocenters. The van der Waals surface area contributed by atoms with Gasteiger partial charge in [0.15, 0.2) is 0 Å². The van der Waals surface area contributed by atoms with Crippen LogP contribution in [0, 0.1) is 18.8 Å². The Bertz CT molecular complexity index is 1550. The van der Waals surface area contributed by atoms with Gasteiger partial charge in [0.1, 0.15) is 12.4 Å². The molecular weight excluding hydrogens is 609 g/mol. The van der Waals surface area contributed by atoms with Crippen LogP contribution < -0.4 is 21.5 Å². The molecule has 3 fully saturated rings. The summed E-state index contributed by atoms with van der Waals surface area (Å²) in [6, 6.07) is 15.3. The first kappa shape index (κ1) is 33.6. The molecule has 3 saturated carbocycles. The quantitative estimate of drug-likeness (QED) is 0.184. The summed E-state index contributed by atoms with van der Waals surface area (Å²) in [6.45, 7) is 2.79. The number of amides is 2.